The van der Waals surface area contributed by atoms with E-state index in [1.807, 2.05) is 0 Å². The zero-order chi connectivity index (χ0) is 26.3. The summed E-state index contributed by atoms with van der Waals surface area (Å²) < 4.78 is 18.2. The Labute approximate surface area is 207 Å². The molecule has 3 atom stereocenters. The number of hydrogen-bond donors (Lipinski definition) is 4. The number of aromatic nitrogens is 4. The van der Waals surface area contributed by atoms with Crippen LogP contribution in [0.5, 0.6) is 0 Å². The average Bonchev–Trinajstić information content (AvgIpc) is 3.39. The molecule has 0 radical (unpaired) electrons. The molecule has 0 saturated carbocycles. The molecule has 1 aliphatic rings. The van der Waals surface area contributed by atoms with Crippen LogP contribution in [0.15, 0.2) is 17.6 Å². The maximum absolute atomic E-state index is 11.7. The molecule has 4 N–H and O–H groups in total. The van der Waals surface area contributed by atoms with E-state index in [1.165, 1.54) is 12.7 Å². The van der Waals surface area contributed by atoms with Gasteiger partial charge in [-0.05, 0) is 27.2 Å². The number of imidazole rings is 1. The topological polar surface area (TPSA) is 191 Å². The number of nitrogens with one attached hydrogen (secondary N) is 1. The van der Waals surface area contributed by atoms with Gasteiger partial charge in [0.05, 0.1) is 32.1 Å². The van der Waals surface area contributed by atoms with Gasteiger partial charge in [0, 0.05) is 19.4 Å². The van der Waals surface area contributed by atoms with E-state index in [0.717, 1.165) is 0 Å². The number of hydrogen-bond acceptors (Lipinski definition) is 11. The third-order valence-electron chi connectivity index (χ3n) is 5.08. The van der Waals surface area contributed by atoms with E-state index in [-0.39, 0.29) is 44.2 Å². The Balaban J connectivity index is 1.69. The summed E-state index contributed by atoms with van der Waals surface area (Å²) in [7, 11) is 0. The van der Waals surface area contributed by atoms with Crippen molar-refractivity contribution in [3.8, 4) is 0 Å². The van der Waals surface area contributed by atoms with E-state index in [0.29, 0.717) is 24.1 Å². The van der Waals surface area contributed by atoms with Crippen LogP contribution in [-0.2, 0) is 19.0 Å². The highest BCUT2D eigenvalue weighted by molar-refractivity contribution is 5.88. The summed E-state index contributed by atoms with van der Waals surface area (Å²) in [5, 5.41) is 31.1. The van der Waals surface area contributed by atoms with Crippen molar-refractivity contribution in [3.05, 3.63) is 12.7 Å². The molecule has 3 unspecified atom stereocenters. The molecule has 1 amide bonds. The molecule has 0 bridgehead atoms. The molecule has 3 rings (SSSR count). The van der Waals surface area contributed by atoms with Crippen LogP contribution in [0.1, 0.15) is 52.7 Å². The number of aliphatic imine (C=N–C) groups is 1. The molecule has 2 aromatic rings. The number of carboxylic acid groups (broad SMARTS) is 1. The first-order chi connectivity index (χ1) is 17.1. The number of carboxylic acids is 1. The van der Waals surface area contributed by atoms with Crippen molar-refractivity contribution in [2.45, 2.75) is 70.5 Å². The lowest BCUT2D eigenvalue weighted by atomic mass is 10.2. The average molecular weight is 509 g/mol. The zero-order valence-corrected chi connectivity index (χ0v) is 20.5. The predicted molar refractivity (Wildman–Crippen MR) is 126 cm³/mol. The number of aliphatic hydroxyl groups excluding tert-OH is 2. The molecule has 198 valence electrons. The Kier molecular flexibility index (Phi) is 9.12. The number of carbonyl (C=O) groups excluding carboxylic acids is 1. The second kappa shape index (κ2) is 12.1. The number of amides is 1. The van der Waals surface area contributed by atoms with Crippen molar-refractivity contribution in [1.29, 1.82) is 0 Å². The Bertz CT molecular complexity index is 1080. The molecule has 14 heteroatoms. The third-order valence-corrected chi connectivity index (χ3v) is 5.08. The van der Waals surface area contributed by atoms with Crippen LogP contribution in [-0.4, -0.2) is 90.4 Å². The van der Waals surface area contributed by atoms with Gasteiger partial charge in [-0.25, -0.2) is 19.7 Å². The molecule has 1 aliphatic heterocycles. The number of aliphatic carboxylic acids is 1. The molecule has 36 heavy (non-hydrogen) atoms. The van der Waals surface area contributed by atoms with E-state index in [2.05, 4.69) is 25.3 Å². The van der Waals surface area contributed by atoms with Gasteiger partial charge in [0.15, 0.2) is 22.9 Å². The van der Waals surface area contributed by atoms with Crippen molar-refractivity contribution in [2.75, 3.05) is 19.8 Å². The molecule has 14 nitrogen and oxygen atoms in total. The second-order valence-electron chi connectivity index (χ2n) is 9.17. The molecule has 0 spiro atoms. The van der Waals surface area contributed by atoms with Gasteiger partial charge in [0.25, 0.3) is 0 Å². The number of ether oxygens (including phenoxy) is 3. The van der Waals surface area contributed by atoms with Crippen molar-refractivity contribution < 1.29 is 39.1 Å². The van der Waals surface area contributed by atoms with Crippen LogP contribution in [0.25, 0.3) is 11.2 Å². The molecule has 1 fully saturated rings. The van der Waals surface area contributed by atoms with E-state index in [1.54, 1.807) is 25.3 Å². The van der Waals surface area contributed by atoms with Crippen molar-refractivity contribution in [1.82, 2.24) is 24.8 Å². The first-order valence-electron chi connectivity index (χ1n) is 11.6. The molecule has 3 heterocycles. The first kappa shape index (κ1) is 27.2. The lowest BCUT2D eigenvalue weighted by molar-refractivity contribution is -0.136. The SMILES string of the molecule is CC(C)(C)OC(=O)NCCCOC(CCC(=O)O)=Nc1ncnc2c1ncn2C1CC(O)C(CO)O1. The summed E-state index contributed by atoms with van der Waals surface area (Å²) in [6.45, 7) is 5.46. The summed E-state index contributed by atoms with van der Waals surface area (Å²) in [6.07, 6.45) is 0.648. The second-order valence-corrected chi connectivity index (χ2v) is 9.17. The largest absolute Gasteiger partial charge is 0.481 e. The number of rotatable bonds is 10. The summed E-state index contributed by atoms with van der Waals surface area (Å²) in [5.74, 6) is -0.675. The Morgan fingerprint density at radius 3 is 2.72 bits per heavy atom. The minimum absolute atomic E-state index is 0.0249. The maximum Gasteiger partial charge on any atom is 0.407 e. The standard InChI is InChI=1S/C22H32N6O8/c1-22(2,3)36-21(33)23-7-4-8-34-15(5-6-17(31)32)27-19-18-20(25-11-24-19)28(12-26-18)16-9-13(30)14(10-29)35-16/h11-14,16,29-30H,4-10H2,1-3H3,(H,23,33)(H,31,32). The predicted octanol–water partition coefficient (Wildman–Crippen LogP) is 1.29. The lowest BCUT2D eigenvalue weighted by Crippen LogP contribution is -2.33. The summed E-state index contributed by atoms with van der Waals surface area (Å²) in [6, 6.07) is 0. The van der Waals surface area contributed by atoms with Crippen LogP contribution in [0, 0.1) is 0 Å². The summed E-state index contributed by atoms with van der Waals surface area (Å²) in [4.78, 5) is 39.9. The van der Waals surface area contributed by atoms with Gasteiger partial charge < -0.3 is 34.8 Å². The Morgan fingerprint density at radius 1 is 1.28 bits per heavy atom. The minimum Gasteiger partial charge on any atom is -0.481 e. The highest BCUT2D eigenvalue weighted by Crippen LogP contribution is 2.32. The van der Waals surface area contributed by atoms with Crippen LogP contribution in [0.4, 0.5) is 10.6 Å². The van der Waals surface area contributed by atoms with E-state index >= 15 is 0 Å². The molecule has 0 aliphatic carbocycles. The number of aliphatic hydroxyl groups is 2. The highest BCUT2D eigenvalue weighted by atomic mass is 16.6. The zero-order valence-electron chi connectivity index (χ0n) is 20.5. The van der Waals surface area contributed by atoms with Gasteiger partial charge in [-0.2, -0.15) is 4.99 Å². The number of alkyl carbamates (subject to hydrolysis) is 1. The van der Waals surface area contributed by atoms with Crippen LogP contribution in [0.3, 0.4) is 0 Å². The third kappa shape index (κ3) is 7.57. The maximum atomic E-state index is 11.7. The smallest absolute Gasteiger partial charge is 0.407 e. The summed E-state index contributed by atoms with van der Waals surface area (Å²) >= 11 is 0. The molecule has 1 saturated heterocycles. The number of nitrogens with zero attached hydrogens (tertiary/aromatic N) is 5. The van der Waals surface area contributed by atoms with Gasteiger partial charge in [-0.1, -0.05) is 0 Å². The van der Waals surface area contributed by atoms with Crippen LogP contribution >= 0.6 is 0 Å². The van der Waals surface area contributed by atoms with Crippen molar-refractivity contribution in [3.63, 3.8) is 0 Å². The molecular formula is C22H32N6O8. The fraction of sp³-hybridized carbons (Fsp3) is 0.636. The minimum atomic E-state index is -1.01. The van der Waals surface area contributed by atoms with Crippen LogP contribution in [0.2, 0.25) is 0 Å². The fourth-order valence-electron chi connectivity index (χ4n) is 3.44. The van der Waals surface area contributed by atoms with Gasteiger partial charge in [-0.3, -0.25) is 9.36 Å². The number of carbonyl (C=O) groups is 2. The van der Waals surface area contributed by atoms with E-state index < -0.39 is 36.1 Å². The molecular weight excluding hydrogens is 476 g/mol. The monoisotopic (exact) mass is 508 g/mol. The normalized spacial score (nSPS) is 20.5. The fourth-order valence-corrected chi connectivity index (χ4v) is 3.44. The highest BCUT2D eigenvalue weighted by Gasteiger charge is 2.35. The van der Waals surface area contributed by atoms with Gasteiger partial charge in [0.2, 0.25) is 0 Å². The summed E-state index contributed by atoms with van der Waals surface area (Å²) in [5.41, 5.74) is 0.141. The van der Waals surface area contributed by atoms with Gasteiger partial charge >= 0.3 is 12.1 Å². The lowest BCUT2D eigenvalue weighted by Gasteiger charge is -2.19. The van der Waals surface area contributed by atoms with Gasteiger partial charge in [-0.15, -0.1) is 0 Å². The van der Waals surface area contributed by atoms with Gasteiger partial charge in [0.1, 0.15) is 24.3 Å². The van der Waals surface area contributed by atoms with E-state index in [4.69, 9.17) is 19.3 Å². The quantitative estimate of drug-likeness (QED) is 0.205. The molecule has 2 aromatic heterocycles. The molecule has 0 aromatic carbocycles. The number of fused-ring (bicyclic) bond motifs is 1. The first-order valence-corrected chi connectivity index (χ1v) is 11.6. The van der Waals surface area contributed by atoms with Crippen molar-refractivity contribution >= 4 is 34.9 Å². The van der Waals surface area contributed by atoms with Crippen molar-refractivity contribution in [2.24, 2.45) is 4.99 Å². The van der Waals surface area contributed by atoms with E-state index in [9.17, 15) is 19.8 Å². The Morgan fingerprint density at radius 2 is 2.06 bits per heavy atom. The Hall–Kier alpha value is -3.36. The van der Waals surface area contributed by atoms with Crippen LogP contribution < -0.4 is 5.32 Å².